The van der Waals surface area contributed by atoms with Crippen molar-refractivity contribution in [3.8, 4) is 11.1 Å². The third-order valence-electron chi connectivity index (χ3n) is 6.45. The highest BCUT2D eigenvalue weighted by atomic mass is 16.5. The third kappa shape index (κ3) is 2.94. The molecule has 1 aliphatic heterocycles. The summed E-state index contributed by atoms with van der Waals surface area (Å²) in [6, 6.07) is 5.21. The second kappa shape index (κ2) is 7.05. The van der Waals surface area contributed by atoms with Crippen molar-refractivity contribution in [2.75, 3.05) is 18.5 Å². The minimum atomic E-state index is 0.412. The summed E-state index contributed by atoms with van der Waals surface area (Å²) in [6.07, 6.45) is 11.5. The zero-order valence-corrected chi connectivity index (χ0v) is 17.1. The number of anilines is 1. The fourth-order valence-electron chi connectivity index (χ4n) is 4.59. The first kappa shape index (κ1) is 17.8. The zero-order valence-electron chi connectivity index (χ0n) is 17.1. The van der Waals surface area contributed by atoms with E-state index >= 15 is 0 Å². The van der Waals surface area contributed by atoms with Crippen LogP contribution in [-0.2, 0) is 4.74 Å². The van der Waals surface area contributed by atoms with Crippen LogP contribution in [0.4, 0.5) is 5.95 Å². The van der Waals surface area contributed by atoms with Gasteiger partial charge in [0.25, 0.3) is 0 Å². The number of fused-ring (bicyclic) bond motifs is 2. The molecule has 30 heavy (non-hydrogen) atoms. The molecule has 1 aliphatic carbocycles. The van der Waals surface area contributed by atoms with Gasteiger partial charge in [-0.2, -0.15) is 0 Å². The van der Waals surface area contributed by atoms with E-state index in [0.717, 1.165) is 59.7 Å². The summed E-state index contributed by atoms with van der Waals surface area (Å²) in [5.74, 6) is 1.70. The Balaban J connectivity index is 1.39. The predicted octanol–water partition coefficient (Wildman–Crippen LogP) is 3.77. The lowest BCUT2D eigenvalue weighted by Crippen LogP contribution is -2.28. The lowest BCUT2D eigenvalue weighted by atomic mass is 9.93. The summed E-state index contributed by atoms with van der Waals surface area (Å²) in [6.45, 7) is 3.67. The fraction of sp³-hybridized carbons (Fsp3) is 0.455. The topological polar surface area (TPSA) is 82.2 Å². The lowest BCUT2D eigenvalue weighted by molar-refractivity contribution is 0.0701. The van der Waals surface area contributed by atoms with E-state index in [9.17, 15) is 0 Å². The summed E-state index contributed by atoms with van der Waals surface area (Å²) in [4.78, 5) is 13.9. The Hall–Kier alpha value is -3.00. The minimum absolute atomic E-state index is 0.412. The zero-order chi connectivity index (χ0) is 20.1. The van der Waals surface area contributed by atoms with E-state index in [1.54, 1.807) is 0 Å². The number of nitrogens with zero attached hydrogens (tertiary/aromatic N) is 6. The van der Waals surface area contributed by atoms with Gasteiger partial charge in [-0.3, -0.25) is 0 Å². The van der Waals surface area contributed by atoms with E-state index in [0.29, 0.717) is 18.0 Å². The maximum Gasteiger partial charge on any atom is 0.241 e. The second-order valence-electron chi connectivity index (χ2n) is 8.35. The van der Waals surface area contributed by atoms with Crippen molar-refractivity contribution in [3.63, 3.8) is 0 Å². The molecule has 5 heterocycles. The Morgan fingerprint density at radius 1 is 1.07 bits per heavy atom. The van der Waals surface area contributed by atoms with Gasteiger partial charge in [-0.05, 0) is 51.2 Å². The molecule has 8 nitrogen and oxygen atoms in total. The van der Waals surface area contributed by atoms with Crippen LogP contribution in [0.15, 0.2) is 30.7 Å². The predicted molar refractivity (Wildman–Crippen MR) is 115 cm³/mol. The maximum atomic E-state index is 5.55. The van der Waals surface area contributed by atoms with Gasteiger partial charge in [-0.15, -0.1) is 5.10 Å². The van der Waals surface area contributed by atoms with Gasteiger partial charge in [0, 0.05) is 48.8 Å². The number of rotatable bonds is 4. The van der Waals surface area contributed by atoms with E-state index in [1.807, 2.05) is 23.1 Å². The van der Waals surface area contributed by atoms with Crippen molar-refractivity contribution in [1.82, 2.24) is 29.1 Å². The summed E-state index contributed by atoms with van der Waals surface area (Å²) in [7, 11) is 0. The highest BCUT2D eigenvalue weighted by molar-refractivity contribution is 5.85. The summed E-state index contributed by atoms with van der Waals surface area (Å²) in [5, 5.41) is 8.06. The molecule has 1 N–H and O–H groups in total. The van der Waals surface area contributed by atoms with Gasteiger partial charge in [0.05, 0.1) is 17.2 Å². The second-order valence-corrected chi connectivity index (χ2v) is 8.35. The first-order valence-electron chi connectivity index (χ1n) is 10.8. The molecule has 1 saturated carbocycles. The molecule has 0 atom stereocenters. The van der Waals surface area contributed by atoms with Crippen molar-refractivity contribution in [1.29, 1.82) is 0 Å². The number of hydrogen-bond acceptors (Lipinski definition) is 6. The maximum absolute atomic E-state index is 5.55. The molecule has 8 heteroatoms. The van der Waals surface area contributed by atoms with Crippen LogP contribution in [-0.4, -0.2) is 48.4 Å². The number of nitrogens with one attached hydrogen (secondary N) is 1. The van der Waals surface area contributed by atoms with Gasteiger partial charge in [-0.1, -0.05) is 0 Å². The van der Waals surface area contributed by atoms with E-state index in [4.69, 9.17) is 9.72 Å². The highest BCUT2D eigenvalue weighted by Crippen LogP contribution is 2.31. The van der Waals surface area contributed by atoms with Gasteiger partial charge in [0.1, 0.15) is 5.82 Å². The molecule has 154 valence electrons. The molecular weight excluding hydrogens is 378 g/mol. The number of aryl methyl sites for hydroxylation is 1. The molecule has 6 rings (SSSR count). The molecule has 2 fully saturated rings. The van der Waals surface area contributed by atoms with Crippen molar-refractivity contribution < 1.29 is 4.74 Å². The summed E-state index contributed by atoms with van der Waals surface area (Å²) >= 11 is 0. The number of aromatic nitrogens is 6. The summed E-state index contributed by atoms with van der Waals surface area (Å²) in [5.41, 5.74) is 5.00. The van der Waals surface area contributed by atoms with Crippen molar-refractivity contribution >= 4 is 22.6 Å². The van der Waals surface area contributed by atoms with Crippen molar-refractivity contribution in [2.45, 2.75) is 51.1 Å². The Labute approximate surface area is 174 Å². The van der Waals surface area contributed by atoms with Gasteiger partial charge in [0.2, 0.25) is 5.95 Å². The molecule has 0 bridgehead atoms. The molecule has 4 aromatic heterocycles. The molecular formula is C22H25N7O. The number of ether oxygens (including phenoxy) is 1. The van der Waals surface area contributed by atoms with Crippen LogP contribution in [0.5, 0.6) is 0 Å². The minimum Gasteiger partial charge on any atom is -0.381 e. The molecule has 0 radical (unpaired) electrons. The smallest absolute Gasteiger partial charge is 0.241 e. The molecule has 2 aliphatic rings. The van der Waals surface area contributed by atoms with Crippen molar-refractivity contribution in [3.05, 3.63) is 36.5 Å². The van der Waals surface area contributed by atoms with Crippen LogP contribution in [0, 0.1) is 6.92 Å². The average molecular weight is 403 g/mol. The molecule has 1 saturated heterocycles. The Kier molecular flexibility index (Phi) is 4.19. The average Bonchev–Trinajstić information content (AvgIpc) is 3.30. The van der Waals surface area contributed by atoms with Crippen LogP contribution in [0.3, 0.4) is 0 Å². The quantitative estimate of drug-likeness (QED) is 0.559. The van der Waals surface area contributed by atoms with Crippen LogP contribution < -0.4 is 5.32 Å². The Morgan fingerprint density at radius 2 is 1.93 bits per heavy atom. The number of hydrogen-bond donors (Lipinski definition) is 1. The normalized spacial score (nSPS) is 18.2. The van der Waals surface area contributed by atoms with E-state index < -0.39 is 0 Å². The van der Waals surface area contributed by atoms with E-state index in [1.165, 1.54) is 19.3 Å². The fourth-order valence-corrected chi connectivity index (χ4v) is 4.59. The largest absolute Gasteiger partial charge is 0.381 e. The van der Waals surface area contributed by atoms with Crippen LogP contribution in [0.1, 0.15) is 44.0 Å². The van der Waals surface area contributed by atoms with Gasteiger partial charge in [-0.25, -0.2) is 19.5 Å². The third-order valence-corrected chi connectivity index (χ3v) is 6.45. The van der Waals surface area contributed by atoms with Crippen molar-refractivity contribution in [2.24, 2.45) is 0 Å². The molecule has 0 spiro atoms. The number of pyridine rings is 1. The molecule has 0 amide bonds. The standard InChI is InChI=1S/C22H25N7O/c1-14-25-21-19(29(14)17-6-9-30-10-7-17)11-15(12-23-21)18-5-8-28-20(18)13-24-22(27-28)26-16-3-2-4-16/h5,8,11-13,16-17H,2-4,6-7,9-10H2,1H3,(H,26,27). The summed E-state index contributed by atoms with van der Waals surface area (Å²) < 4.78 is 9.79. The van der Waals surface area contributed by atoms with E-state index in [-0.39, 0.29) is 0 Å². The molecule has 4 aromatic rings. The monoisotopic (exact) mass is 403 g/mol. The molecule has 0 aromatic carbocycles. The Morgan fingerprint density at radius 3 is 2.73 bits per heavy atom. The van der Waals surface area contributed by atoms with Gasteiger partial charge < -0.3 is 14.6 Å². The van der Waals surface area contributed by atoms with Gasteiger partial charge >= 0.3 is 0 Å². The van der Waals surface area contributed by atoms with Crippen LogP contribution in [0.25, 0.3) is 27.8 Å². The SMILES string of the molecule is Cc1nc2ncc(-c3ccn4nc(NC5CCC5)ncc34)cc2n1C1CCOCC1. The number of imidazole rings is 1. The lowest BCUT2D eigenvalue weighted by Gasteiger charge is -2.26. The Bertz CT molecular complexity index is 1220. The highest BCUT2D eigenvalue weighted by Gasteiger charge is 2.22. The van der Waals surface area contributed by atoms with E-state index in [2.05, 4.69) is 44.0 Å². The molecule has 0 unspecified atom stereocenters. The van der Waals surface area contributed by atoms with Crippen LogP contribution in [0.2, 0.25) is 0 Å². The van der Waals surface area contributed by atoms with Gasteiger partial charge in [0.15, 0.2) is 5.65 Å². The first-order valence-corrected chi connectivity index (χ1v) is 10.8. The van der Waals surface area contributed by atoms with Crippen LogP contribution >= 0.6 is 0 Å². The first-order chi connectivity index (χ1) is 14.8.